The maximum atomic E-state index is 12.3. The van der Waals surface area contributed by atoms with Gasteiger partial charge in [0, 0.05) is 11.5 Å². The fourth-order valence-corrected chi connectivity index (χ4v) is 3.74. The van der Waals surface area contributed by atoms with Crippen molar-refractivity contribution >= 4 is 22.2 Å². The first-order valence-corrected chi connectivity index (χ1v) is 10.0. The fourth-order valence-electron chi connectivity index (χ4n) is 2.98. The first kappa shape index (κ1) is 20.2. The number of anilines is 1. The van der Waals surface area contributed by atoms with Crippen LogP contribution in [0.5, 0.6) is 0 Å². The van der Waals surface area contributed by atoms with Gasteiger partial charge in [0.25, 0.3) is 5.91 Å². The summed E-state index contributed by atoms with van der Waals surface area (Å²) in [6.07, 6.45) is 1.13. The van der Waals surface area contributed by atoms with Crippen LogP contribution in [0, 0.1) is 17.2 Å². The van der Waals surface area contributed by atoms with Gasteiger partial charge in [0.05, 0.1) is 5.56 Å². The normalized spacial score (nSPS) is 13.2. The molecule has 0 spiro atoms. The molecule has 0 bridgehead atoms. The lowest BCUT2D eigenvalue weighted by atomic mass is 9.92. The molecule has 4 nitrogen and oxygen atoms in total. The predicted molar refractivity (Wildman–Crippen MR) is 107 cm³/mol. The second kappa shape index (κ2) is 9.51. The third kappa shape index (κ3) is 5.17. The summed E-state index contributed by atoms with van der Waals surface area (Å²) in [5, 5.41) is 16.4. The van der Waals surface area contributed by atoms with Gasteiger partial charge >= 0.3 is 0 Å². The van der Waals surface area contributed by atoms with Gasteiger partial charge in [0.2, 0.25) is 0 Å². The summed E-state index contributed by atoms with van der Waals surface area (Å²) in [6.45, 7) is 9.13. The van der Waals surface area contributed by atoms with Crippen molar-refractivity contribution in [2.75, 3.05) is 11.9 Å². The minimum atomic E-state index is -0.0779. The largest absolute Gasteiger partial charge is 0.332 e. The van der Waals surface area contributed by atoms with Gasteiger partial charge in [0.15, 0.2) is 6.54 Å². The van der Waals surface area contributed by atoms with Gasteiger partial charge in [-0.1, -0.05) is 52.0 Å². The van der Waals surface area contributed by atoms with E-state index in [1.54, 1.807) is 6.07 Å². The number of benzene rings is 1. The number of carbonyl (C=O) groups excluding carboxylic acids is 1. The molecule has 2 atom stereocenters. The number of carbonyl (C=O) groups is 1. The molecule has 0 fully saturated rings. The van der Waals surface area contributed by atoms with Crippen LogP contribution in [0.15, 0.2) is 35.7 Å². The van der Waals surface area contributed by atoms with Crippen molar-refractivity contribution in [2.45, 2.75) is 46.1 Å². The molecule has 2 rings (SSSR count). The molecule has 0 radical (unpaired) electrons. The number of hydrogen-bond donors (Lipinski definition) is 2. The van der Waals surface area contributed by atoms with Crippen LogP contribution in [0.4, 0.5) is 5.00 Å². The summed E-state index contributed by atoms with van der Waals surface area (Å²) in [6, 6.07) is 12.8. The molecule has 1 amide bonds. The molecule has 1 aromatic heterocycles. The van der Waals surface area contributed by atoms with E-state index < -0.39 is 0 Å². The first-order chi connectivity index (χ1) is 12.5. The van der Waals surface area contributed by atoms with E-state index in [0.717, 1.165) is 6.42 Å². The molecule has 1 aromatic carbocycles. The monoisotopic (exact) mass is 370 g/mol. The van der Waals surface area contributed by atoms with Crippen molar-refractivity contribution in [1.29, 1.82) is 5.26 Å². The average molecular weight is 371 g/mol. The standard InChI is InChI=1S/C21H27N3OS/c1-5-15(4)16-6-8-17(9-7-16)20(14(2)3)23-13-19(25)24-21-18(12-22)10-11-26-21/h6-11,14-15,20,23H,5,13H2,1-4H3,(H,24,25)/p+1/t15-,20+/m0/s1. The molecule has 0 aliphatic carbocycles. The van der Waals surface area contributed by atoms with E-state index in [0.29, 0.717) is 28.9 Å². The van der Waals surface area contributed by atoms with Crippen LogP contribution in [0.3, 0.4) is 0 Å². The summed E-state index contributed by atoms with van der Waals surface area (Å²) in [4.78, 5) is 12.3. The molecule has 0 saturated carbocycles. The Balaban J connectivity index is 2.00. The van der Waals surface area contributed by atoms with E-state index >= 15 is 0 Å². The summed E-state index contributed by atoms with van der Waals surface area (Å²) < 4.78 is 0. The highest BCUT2D eigenvalue weighted by Gasteiger charge is 2.21. The van der Waals surface area contributed by atoms with Crippen LogP contribution < -0.4 is 10.6 Å². The van der Waals surface area contributed by atoms with Crippen LogP contribution >= 0.6 is 11.3 Å². The molecule has 26 heavy (non-hydrogen) atoms. The zero-order valence-corrected chi connectivity index (χ0v) is 16.8. The Kier molecular flexibility index (Phi) is 7.38. The smallest absolute Gasteiger partial charge is 0.280 e. The average Bonchev–Trinajstić information content (AvgIpc) is 3.08. The maximum Gasteiger partial charge on any atom is 0.280 e. The molecule has 0 aliphatic heterocycles. The molecular weight excluding hydrogens is 342 g/mol. The number of rotatable bonds is 8. The van der Waals surface area contributed by atoms with Gasteiger partial charge in [-0.2, -0.15) is 5.26 Å². The second-order valence-electron chi connectivity index (χ2n) is 7.01. The lowest BCUT2D eigenvalue weighted by molar-refractivity contribution is -0.692. The van der Waals surface area contributed by atoms with E-state index in [9.17, 15) is 4.79 Å². The van der Waals surface area contributed by atoms with Crippen LogP contribution in [0.1, 0.15) is 62.8 Å². The molecule has 1 heterocycles. The number of nitrogens with two attached hydrogens (primary N) is 1. The first-order valence-electron chi connectivity index (χ1n) is 9.16. The van der Waals surface area contributed by atoms with E-state index in [1.165, 1.54) is 22.5 Å². The number of quaternary nitrogens is 1. The van der Waals surface area contributed by atoms with Crippen molar-refractivity contribution in [3.8, 4) is 6.07 Å². The van der Waals surface area contributed by atoms with E-state index in [1.807, 2.05) is 5.38 Å². The molecule has 0 saturated heterocycles. The maximum absolute atomic E-state index is 12.3. The number of thiophene rings is 1. The highest BCUT2D eigenvalue weighted by molar-refractivity contribution is 7.14. The third-order valence-electron chi connectivity index (χ3n) is 4.82. The minimum absolute atomic E-state index is 0.0779. The lowest BCUT2D eigenvalue weighted by Crippen LogP contribution is -2.88. The van der Waals surface area contributed by atoms with Crippen molar-refractivity contribution in [1.82, 2.24) is 0 Å². The quantitative estimate of drug-likeness (QED) is 0.736. The molecule has 0 aliphatic rings. The van der Waals surface area contributed by atoms with Gasteiger partial charge in [0.1, 0.15) is 17.1 Å². The minimum Gasteiger partial charge on any atom is -0.332 e. The number of amides is 1. The van der Waals surface area contributed by atoms with E-state index in [2.05, 4.69) is 68.7 Å². The molecule has 2 aromatic rings. The Morgan fingerprint density at radius 2 is 1.85 bits per heavy atom. The topological polar surface area (TPSA) is 69.5 Å². The van der Waals surface area contributed by atoms with Crippen LogP contribution in [-0.2, 0) is 4.79 Å². The molecule has 138 valence electrons. The van der Waals surface area contributed by atoms with Gasteiger partial charge in [-0.25, -0.2) is 0 Å². The van der Waals surface area contributed by atoms with Crippen molar-refractivity contribution < 1.29 is 10.1 Å². The number of nitrogens with zero attached hydrogens (tertiary/aromatic N) is 1. The van der Waals surface area contributed by atoms with Crippen molar-refractivity contribution in [2.24, 2.45) is 5.92 Å². The predicted octanol–water partition coefficient (Wildman–Crippen LogP) is 4.03. The number of hydrogen-bond acceptors (Lipinski definition) is 3. The van der Waals surface area contributed by atoms with Crippen LogP contribution in [-0.4, -0.2) is 12.5 Å². The molecule has 0 unspecified atom stereocenters. The summed E-state index contributed by atoms with van der Waals surface area (Å²) >= 11 is 1.38. The third-order valence-corrected chi connectivity index (χ3v) is 5.65. The Morgan fingerprint density at radius 3 is 2.42 bits per heavy atom. The van der Waals surface area contributed by atoms with Gasteiger partial charge < -0.3 is 10.6 Å². The lowest BCUT2D eigenvalue weighted by Gasteiger charge is -2.20. The van der Waals surface area contributed by atoms with Crippen LogP contribution in [0.25, 0.3) is 0 Å². The molecule has 3 N–H and O–H groups in total. The Bertz CT molecular complexity index is 758. The Morgan fingerprint density at radius 1 is 1.19 bits per heavy atom. The highest BCUT2D eigenvalue weighted by atomic mass is 32.1. The summed E-state index contributed by atoms with van der Waals surface area (Å²) in [5.74, 6) is 0.899. The van der Waals surface area contributed by atoms with Gasteiger partial charge in [-0.05, 0) is 29.3 Å². The highest BCUT2D eigenvalue weighted by Crippen LogP contribution is 2.23. The molecule has 5 heteroatoms. The second-order valence-corrected chi connectivity index (χ2v) is 7.93. The van der Waals surface area contributed by atoms with E-state index in [-0.39, 0.29) is 11.9 Å². The number of nitriles is 1. The zero-order valence-electron chi connectivity index (χ0n) is 16.0. The van der Waals surface area contributed by atoms with Gasteiger partial charge in [-0.3, -0.25) is 4.79 Å². The van der Waals surface area contributed by atoms with Crippen molar-refractivity contribution in [3.05, 3.63) is 52.4 Å². The summed E-state index contributed by atoms with van der Waals surface area (Å²) in [5.41, 5.74) is 3.12. The molecular formula is C21H28N3OS+. The summed E-state index contributed by atoms with van der Waals surface area (Å²) in [7, 11) is 0. The number of nitrogens with one attached hydrogen (secondary N) is 1. The van der Waals surface area contributed by atoms with Gasteiger partial charge in [-0.15, -0.1) is 11.3 Å². The van der Waals surface area contributed by atoms with E-state index in [4.69, 9.17) is 5.26 Å². The fraction of sp³-hybridized carbons (Fsp3) is 0.429. The van der Waals surface area contributed by atoms with Crippen molar-refractivity contribution in [3.63, 3.8) is 0 Å². The zero-order chi connectivity index (χ0) is 19.1. The Labute approximate surface area is 160 Å². The van der Waals surface area contributed by atoms with Crippen LogP contribution in [0.2, 0.25) is 0 Å². The SMILES string of the molecule is CC[C@H](C)c1ccc([C@H]([NH2+]CC(=O)Nc2sccc2C#N)C(C)C)cc1. The Hall–Kier alpha value is -2.16.